The molecule has 0 radical (unpaired) electrons. The monoisotopic (exact) mass is 282 g/mol. The Morgan fingerprint density at radius 2 is 2.30 bits per heavy atom. The molecule has 1 fully saturated rings. The Morgan fingerprint density at radius 1 is 1.60 bits per heavy atom. The molecule has 1 aliphatic rings. The van der Waals surface area contributed by atoms with Crippen LogP contribution in [-0.4, -0.2) is 40.4 Å². The van der Waals surface area contributed by atoms with Crippen LogP contribution in [0.2, 0.25) is 0 Å². The summed E-state index contributed by atoms with van der Waals surface area (Å²) in [5, 5.41) is 15.5. The quantitative estimate of drug-likeness (QED) is 0.469. The summed E-state index contributed by atoms with van der Waals surface area (Å²) >= 11 is 0. The third-order valence-electron chi connectivity index (χ3n) is 3.55. The standard InChI is InChI=1S/C12H18N4O4/c1-4-15-11(10(16(18)19)8(2)13-15)14-7-5-6-9(14)12(17)20-3/h9H,4-7H2,1-3H3. The lowest BCUT2D eigenvalue weighted by molar-refractivity contribution is -0.384. The maximum absolute atomic E-state index is 11.8. The fraction of sp³-hybridized carbons (Fsp3) is 0.667. The third-order valence-corrected chi connectivity index (χ3v) is 3.55. The number of aryl methyl sites for hydroxylation is 2. The van der Waals surface area contributed by atoms with Gasteiger partial charge in [-0.3, -0.25) is 10.1 Å². The van der Waals surface area contributed by atoms with Crippen molar-refractivity contribution in [1.82, 2.24) is 9.78 Å². The highest BCUT2D eigenvalue weighted by atomic mass is 16.6. The van der Waals surface area contributed by atoms with Gasteiger partial charge in [0.1, 0.15) is 11.7 Å². The third kappa shape index (κ3) is 2.21. The van der Waals surface area contributed by atoms with Crippen LogP contribution in [0.4, 0.5) is 11.5 Å². The van der Waals surface area contributed by atoms with Crippen molar-refractivity contribution in [3.63, 3.8) is 0 Å². The van der Waals surface area contributed by atoms with Gasteiger partial charge < -0.3 is 9.64 Å². The minimum absolute atomic E-state index is 0.0253. The van der Waals surface area contributed by atoms with Crippen molar-refractivity contribution < 1.29 is 14.5 Å². The zero-order valence-corrected chi connectivity index (χ0v) is 11.8. The highest BCUT2D eigenvalue weighted by Gasteiger charge is 2.39. The van der Waals surface area contributed by atoms with E-state index in [9.17, 15) is 14.9 Å². The average molecular weight is 282 g/mol. The Labute approximate surface area is 116 Å². The first kappa shape index (κ1) is 14.3. The molecule has 2 heterocycles. The van der Waals surface area contributed by atoms with Crippen molar-refractivity contribution in [2.24, 2.45) is 0 Å². The van der Waals surface area contributed by atoms with Crippen molar-refractivity contribution in [3.05, 3.63) is 15.8 Å². The number of nitro groups is 1. The minimum Gasteiger partial charge on any atom is -0.467 e. The highest BCUT2D eigenvalue weighted by Crippen LogP contribution is 2.36. The van der Waals surface area contributed by atoms with Gasteiger partial charge in [-0.2, -0.15) is 5.10 Å². The zero-order chi connectivity index (χ0) is 14.9. The van der Waals surface area contributed by atoms with E-state index in [1.165, 1.54) is 7.11 Å². The van der Waals surface area contributed by atoms with E-state index in [-0.39, 0.29) is 11.7 Å². The largest absolute Gasteiger partial charge is 0.467 e. The lowest BCUT2D eigenvalue weighted by atomic mass is 10.2. The SMILES string of the molecule is CCn1nc(C)c([N+](=O)[O-])c1N1CCCC1C(=O)OC. The fourth-order valence-electron chi connectivity index (χ4n) is 2.68. The fourth-order valence-corrected chi connectivity index (χ4v) is 2.68. The van der Waals surface area contributed by atoms with Gasteiger partial charge in [0.25, 0.3) is 0 Å². The summed E-state index contributed by atoms with van der Waals surface area (Å²) in [6, 6.07) is -0.472. The van der Waals surface area contributed by atoms with Crippen molar-refractivity contribution in [2.75, 3.05) is 18.6 Å². The van der Waals surface area contributed by atoms with Gasteiger partial charge in [0.05, 0.1) is 12.0 Å². The number of aromatic nitrogens is 2. The molecule has 1 aromatic rings. The van der Waals surface area contributed by atoms with E-state index in [0.29, 0.717) is 31.0 Å². The molecule has 0 aromatic carbocycles. The van der Waals surface area contributed by atoms with Crippen LogP contribution in [0.25, 0.3) is 0 Å². The molecule has 1 saturated heterocycles. The first-order chi connectivity index (χ1) is 9.51. The maximum atomic E-state index is 11.8. The van der Waals surface area contributed by atoms with Crippen LogP contribution in [0, 0.1) is 17.0 Å². The summed E-state index contributed by atoms with van der Waals surface area (Å²) in [6.45, 7) is 4.57. The van der Waals surface area contributed by atoms with Gasteiger partial charge in [0, 0.05) is 13.1 Å². The van der Waals surface area contributed by atoms with Crippen LogP contribution in [-0.2, 0) is 16.1 Å². The molecular formula is C12H18N4O4. The van der Waals surface area contributed by atoms with Crippen molar-refractivity contribution >= 4 is 17.5 Å². The van der Waals surface area contributed by atoms with E-state index < -0.39 is 11.0 Å². The molecule has 2 rings (SSSR count). The number of anilines is 1. The summed E-state index contributed by atoms with van der Waals surface area (Å²) < 4.78 is 6.36. The average Bonchev–Trinajstić information content (AvgIpc) is 3.00. The van der Waals surface area contributed by atoms with Gasteiger partial charge in [-0.15, -0.1) is 0 Å². The van der Waals surface area contributed by atoms with Crippen LogP contribution in [0.15, 0.2) is 0 Å². The van der Waals surface area contributed by atoms with Gasteiger partial charge >= 0.3 is 11.7 Å². The normalized spacial score (nSPS) is 18.4. The second-order valence-electron chi connectivity index (χ2n) is 4.71. The van der Waals surface area contributed by atoms with Crippen molar-refractivity contribution in [1.29, 1.82) is 0 Å². The molecule has 0 amide bonds. The first-order valence-corrected chi connectivity index (χ1v) is 6.57. The molecule has 8 heteroatoms. The number of rotatable bonds is 4. The van der Waals surface area contributed by atoms with Crippen LogP contribution in [0.3, 0.4) is 0 Å². The molecule has 1 unspecified atom stereocenters. The molecule has 8 nitrogen and oxygen atoms in total. The second kappa shape index (κ2) is 5.48. The molecule has 0 N–H and O–H groups in total. The van der Waals surface area contributed by atoms with Gasteiger partial charge in [-0.05, 0) is 26.7 Å². The predicted molar refractivity (Wildman–Crippen MR) is 71.7 cm³/mol. The molecule has 0 saturated carbocycles. The van der Waals surface area contributed by atoms with Crippen LogP contribution in [0.1, 0.15) is 25.5 Å². The molecule has 0 bridgehead atoms. The Bertz CT molecular complexity index is 540. The smallest absolute Gasteiger partial charge is 0.333 e. The lowest BCUT2D eigenvalue weighted by Gasteiger charge is -2.24. The summed E-state index contributed by atoms with van der Waals surface area (Å²) in [5.74, 6) is 0.0428. The zero-order valence-electron chi connectivity index (χ0n) is 11.8. The van der Waals surface area contributed by atoms with Gasteiger partial charge in [-0.1, -0.05) is 0 Å². The topological polar surface area (TPSA) is 90.5 Å². The summed E-state index contributed by atoms with van der Waals surface area (Å²) in [4.78, 5) is 24.4. The molecule has 110 valence electrons. The Hall–Kier alpha value is -2.12. The highest BCUT2D eigenvalue weighted by molar-refractivity contribution is 5.81. The van der Waals surface area contributed by atoms with E-state index in [4.69, 9.17) is 4.74 Å². The predicted octanol–water partition coefficient (Wildman–Crippen LogP) is 1.26. The van der Waals surface area contributed by atoms with Gasteiger partial charge in [0.15, 0.2) is 0 Å². The number of methoxy groups -OCH3 is 1. The van der Waals surface area contributed by atoms with E-state index in [2.05, 4.69) is 5.10 Å². The van der Waals surface area contributed by atoms with Crippen LogP contribution < -0.4 is 4.90 Å². The molecule has 1 aliphatic heterocycles. The maximum Gasteiger partial charge on any atom is 0.333 e. The van der Waals surface area contributed by atoms with Crippen LogP contribution in [0.5, 0.6) is 0 Å². The lowest BCUT2D eigenvalue weighted by Crippen LogP contribution is -2.38. The number of carbonyl (C=O) groups excluding carboxylic acids is 1. The minimum atomic E-state index is -0.472. The summed E-state index contributed by atoms with van der Waals surface area (Å²) in [6.07, 6.45) is 1.43. The van der Waals surface area contributed by atoms with E-state index in [1.54, 1.807) is 16.5 Å². The molecule has 20 heavy (non-hydrogen) atoms. The number of nitrogens with zero attached hydrogens (tertiary/aromatic N) is 4. The molecule has 0 aliphatic carbocycles. The Morgan fingerprint density at radius 3 is 2.85 bits per heavy atom. The Kier molecular flexibility index (Phi) is 3.91. The van der Waals surface area contributed by atoms with E-state index >= 15 is 0 Å². The van der Waals surface area contributed by atoms with Crippen LogP contribution >= 0.6 is 0 Å². The molecular weight excluding hydrogens is 264 g/mol. The molecule has 0 spiro atoms. The number of carbonyl (C=O) groups is 1. The second-order valence-corrected chi connectivity index (χ2v) is 4.71. The van der Waals surface area contributed by atoms with Crippen molar-refractivity contribution in [2.45, 2.75) is 39.3 Å². The Balaban J connectivity index is 2.50. The number of hydrogen-bond acceptors (Lipinski definition) is 6. The number of hydrogen-bond donors (Lipinski definition) is 0. The van der Waals surface area contributed by atoms with Crippen molar-refractivity contribution in [3.8, 4) is 0 Å². The van der Waals surface area contributed by atoms with Gasteiger partial charge in [-0.25, -0.2) is 9.48 Å². The first-order valence-electron chi connectivity index (χ1n) is 6.57. The summed E-state index contributed by atoms with van der Waals surface area (Å²) in [5.41, 5.74) is 0.338. The summed E-state index contributed by atoms with van der Waals surface area (Å²) in [7, 11) is 1.33. The number of esters is 1. The molecule has 1 aromatic heterocycles. The number of ether oxygens (including phenoxy) is 1. The molecule has 1 atom stereocenters. The van der Waals surface area contributed by atoms with E-state index in [0.717, 1.165) is 6.42 Å². The van der Waals surface area contributed by atoms with Gasteiger partial charge in [0.2, 0.25) is 5.82 Å². The van der Waals surface area contributed by atoms with E-state index in [1.807, 2.05) is 6.92 Å².